The van der Waals surface area contributed by atoms with E-state index in [0.29, 0.717) is 12.5 Å². The first kappa shape index (κ1) is 15.2. The molecule has 0 amide bonds. The summed E-state index contributed by atoms with van der Waals surface area (Å²) in [5.41, 5.74) is 1.05. The highest BCUT2D eigenvalue weighted by atomic mass is 32.1. The Morgan fingerprint density at radius 1 is 1.05 bits per heavy atom. The molecule has 0 spiro atoms. The van der Waals surface area contributed by atoms with E-state index in [4.69, 9.17) is 0 Å². The van der Waals surface area contributed by atoms with Crippen LogP contribution in [0.4, 0.5) is 5.13 Å². The lowest BCUT2D eigenvalue weighted by atomic mass is 10.1. The van der Waals surface area contributed by atoms with E-state index in [1.54, 1.807) is 12.1 Å². The molecule has 1 heterocycles. The summed E-state index contributed by atoms with van der Waals surface area (Å²) in [6.07, 6.45) is 8.21. The van der Waals surface area contributed by atoms with Crippen molar-refractivity contribution in [1.82, 2.24) is 4.98 Å². The van der Waals surface area contributed by atoms with Crippen molar-refractivity contribution in [3.63, 3.8) is 0 Å². The van der Waals surface area contributed by atoms with Gasteiger partial charge in [0.15, 0.2) is 5.13 Å². The highest BCUT2D eigenvalue weighted by Crippen LogP contribution is 2.32. The van der Waals surface area contributed by atoms with Crippen LogP contribution in [0.1, 0.15) is 49.0 Å². The van der Waals surface area contributed by atoms with Crippen molar-refractivity contribution in [2.24, 2.45) is 0 Å². The lowest BCUT2D eigenvalue weighted by molar-refractivity contribution is 0.452. The van der Waals surface area contributed by atoms with E-state index in [9.17, 15) is 10.2 Å². The maximum absolute atomic E-state index is 10.0. The molecule has 1 aromatic heterocycles. The van der Waals surface area contributed by atoms with Gasteiger partial charge in [0.1, 0.15) is 5.75 Å². The van der Waals surface area contributed by atoms with E-state index in [-0.39, 0.29) is 11.6 Å². The predicted molar refractivity (Wildman–Crippen MR) is 89.8 cm³/mol. The van der Waals surface area contributed by atoms with Crippen molar-refractivity contribution in [1.29, 1.82) is 0 Å². The lowest BCUT2D eigenvalue weighted by Crippen LogP contribution is -2.17. The molecular weight excluding hydrogens is 296 g/mol. The molecule has 0 bridgehead atoms. The zero-order valence-electron chi connectivity index (χ0n) is 12.6. The first-order valence-electron chi connectivity index (χ1n) is 7.94. The van der Waals surface area contributed by atoms with Crippen LogP contribution in [-0.4, -0.2) is 21.2 Å². The minimum Gasteiger partial charge on any atom is -0.508 e. The zero-order chi connectivity index (χ0) is 15.4. The first-order valence-corrected chi connectivity index (χ1v) is 8.75. The average molecular weight is 318 g/mol. The molecule has 3 rings (SSSR count). The Morgan fingerprint density at radius 2 is 1.73 bits per heavy atom. The number of hydrogen-bond donors (Lipinski definition) is 3. The van der Waals surface area contributed by atoms with E-state index in [1.165, 1.54) is 49.9 Å². The van der Waals surface area contributed by atoms with Gasteiger partial charge in [-0.3, -0.25) is 0 Å². The lowest BCUT2D eigenvalue weighted by Gasteiger charge is -2.14. The molecule has 3 N–H and O–H groups in total. The summed E-state index contributed by atoms with van der Waals surface area (Å²) in [6.45, 7) is 0. The summed E-state index contributed by atoms with van der Waals surface area (Å²) in [4.78, 5) is 5.13. The summed E-state index contributed by atoms with van der Waals surface area (Å²) >= 11 is 1.52. The molecule has 2 aromatic rings. The normalized spacial score (nSPS) is 16.4. The molecule has 1 aromatic carbocycles. The quantitative estimate of drug-likeness (QED) is 0.736. The number of rotatable bonds is 4. The van der Waals surface area contributed by atoms with Gasteiger partial charge in [0.25, 0.3) is 0 Å². The number of aromatic hydroxyl groups is 2. The highest BCUT2D eigenvalue weighted by molar-refractivity contribution is 7.15. The van der Waals surface area contributed by atoms with Crippen LogP contribution in [0.5, 0.6) is 11.6 Å². The van der Waals surface area contributed by atoms with Crippen LogP contribution < -0.4 is 5.32 Å². The summed E-state index contributed by atoms with van der Waals surface area (Å²) in [7, 11) is 0. The van der Waals surface area contributed by atoms with Crippen molar-refractivity contribution in [3.05, 3.63) is 34.7 Å². The smallest absolute Gasteiger partial charge is 0.227 e. The van der Waals surface area contributed by atoms with Crippen molar-refractivity contribution in [2.75, 3.05) is 5.32 Å². The van der Waals surface area contributed by atoms with Gasteiger partial charge in [-0.05, 0) is 30.5 Å². The van der Waals surface area contributed by atoms with Gasteiger partial charge in [-0.2, -0.15) is 4.98 Å². The monoisotopic (exact) mass is 318 g/mol. The Balaban J connectivity index is 1.66. The molecule has 0 atom stereocenters. The number of thiazole rings is 1. The summed E-state index contributed by atoms with van der Waals surface area (Å²) < 4.78 is 0. The van der Waals surface area contributed by atoms with Gasteiger partial charge in [-0.1, -0.05) is 49.2 Å². The molecule has 22 heavy (non-hydrogen) atoms. The Hall–Kier alpha value is -1.75. The Bertz CT molecular complexity index is 602. The number of benzene rings is 1. The van der Waals surface area contributed by atoms with Crippen LogP contribution in [0, 0.1) is 0 Å². The van der Waals surface area contributed by atoms with Gasteiger partial charge in [-0.15, -0.1) is 0 Å². The molecule has 0 aliphatic heterocycles. The molecule has 1 aliphatic rings. The third-order valence-electron chi connectivity index (χ3n) is 4.16. The molecule has 1 saturated carbocycles. The van der Waals surface area contributed by atoms with Gasteiger partial charge < -0.3 is 15.5 Å². The Labute approximate surface area is 134 Å². The standard InChI is InChI=1S/C17H22N2O2S/c20-14-9-7-12(8-10-14)11-15-16(21)19-17(22-15)18-13-5-3-1-2-4-6-13/h7-10,13,20-21H,1-6,11H2,(H,18,19). The molecule has 0 radical (unpaired) electrons. The van der Waals surface area contributed by atoms with E-state index in [2.05, 4.69) is 10.3 Å². The molecule has 0 saturated heterocycles. The van der Waals surface area contributed by atoms with Crippen molar-refractivity contribution in [2.45, 2.75) is 51.0 Å². The van der Waals surface area contributed by atoms with Crippen LogP contribution in [0.25, 0.3) is 0 Å². The van der Waals surface area contributed by atoms with Gasteiger partial charge in [0.05, 0.1) is 4.88 Å². The van der Waals surface area contributed by atoms with E-state index < -0.39 is 0 Å². The number of nitrogens with zero attached hydrogens (tertiary/aromatic N) is 1. The molecule has 5 heteroatoms. The van der Waals surface area contributed by atoms with Crippen LogP contribution in [-0.2, 0) is 6.42 Å². The van der Waals surface area contributed by atoms with Gasteiger partial charge in [0.2, 0.25) is 5.88 Å². The number of phenolic OH excluding ortho intramolecular Hbond substituents is 1. The summed E-state index contributed by atoms with van der Waals surface area (Å²) in [6, 6.07) is 7.55. The van der Waals surface area contributed by atoms with Crippen molar-refractivity contribution in [3.8, 4) is 11.6 Å². The van der Waals surface area contributed by atoms with Gasteiger partial charge >= 0.3 is 0 Å². The van der Waals surface area contributed by atoms with E-state index in [1.807, 2.05) is 12.1 Å². The first-order chi connectivity index (χ1) is 10.7. The topological polar surface area (TPSA) is 65.4 Å². The van der Waals surface area contributed by atoms with Crippen LogP contribution in [0.3, 0.4) is 0 Å². The number of aromatic nitrogens is 1. The Kier molecular flexibility index (Phi) is 4.83. The molecule has 4 nitrogen and oxygen atoms in total. The fourth-order valence-corrected chi connectivity index (χ4v) is 3.88. The maximum atomic E-state index is 10.0. The third kappa shape index (κ3) is 3.91. The zero-order valence-corrected chi connectivity index (χ0v) is 13.4. The average Bonchev–Trinajstić information content (AvgIpc) is 2.70. The van der Waals surface area contributed by atoms with E-state index in [0.717, 1.165) is 15.6 Å². The van der Waals surface area contributed by atoms with Crippen LogP contribution in [0.15, 0.2) is 24.3 Å². The van der Waals surface area contributed by atoms with E-state index >= 15 is 0 Å². The highest BCUT2D eigenvalue weighted by Gasteiger charge is 2.16. The minimum atomic E-state index is 0.120. The fourth-order valence-electron chi connectivity index (χ4n) is 2.92. The SMILES string of the molecule is Oc1ccc(Cc2sc(NC3CCCCCC3)nc2O)cc1. The van der Waals surface area contributed by atoms with Gasteiger partial charge in [0, 0.05) is 12.5 Å². The van der Waals surface area contributed by atoms with Crippen molar-refractivity contribution < 1.29 is 10.2 Å². The second-order valence-electron chi connectivity index (χ2n) is 5.94. The Morgan fingerprint density at radius 3 is 2.41 bits per heavy atom. The molecule has 0 unspecified atom stereocenters. The summed E-state index contributed by atoms with van der Waals surface area (Å²) in [5, 5.41) is 23.7. The van der Waals surface area contributed by atoms with Crippen molar-refractivity contribution >= 4 is 16.5 Å². The van der Waals surface area contributed by atoms with Gasteiger partial charge in [-0.25, -0.2) is 0 Å². The number of phenols is 1. The van der Waals surface area contributed by atoms with Crippen LogP contribution >= 0.6 is 11.3 Å². The molecule has 1 aliphatic carbocycles. The minimum absolute atomic E-state index is 0.120. The fraction of sp³-hybridized carbons (Fsp3) is 0.471. The summed E-state index contributed by atoms with van der Waals surface area (Å²) in [5.74, 6) is 0.377. The maximum Gasteiger partial charge on any atom is 0.227 e. The largest absolute Gasteiger partial charge is 0.508 e. The molecular formula is C17H22N2O2S. The number of anilines is 1. The third-order valence-corrected chi connectivity index (χ3v) is 5.14. The number of nitrogens with one attached hydrogen (secondary N) is 1. The van der Waals surface area contributed by atoms with Crippen LogP contribution in [0.2, 0.25) is 0 Å². The molecule has 118 valence electrons. The molecule has 1 fully saturated rings. The number of hydrogen-bond acceptors (Lipinski definition) is 5. The second kappa shape index (κ2) is 7.01. The predicted octanol–water partition coefficient (Wildman–Crippen LogP) is 4.28. The second-order valence-corrected chi connectivity index (χ2v) is 7.03.